The van der Waals surface area contributed by atoms with Crippen LogP contribution in [-0.4, -0.2) is 4.98 Å². The van der Waals surface area contributed by atoms with Gasteiger partial charge in [-0.25, -0.2) is 4.98 Å². The van der Waals surface area contributed by atoms with Gasteiger partial charge in [0.2, 0.25) is 0 Å². The Morgan fingerprint density at radius 3 is 2.67 bits per heavy atom. The summed E-state index contributed by atoms with van der Waals surface area (Å²) in [5.41, 5.74) is 1.09. The molecule has 0 saturated carbocycles. The fraction of sp³-hybridized carbons (Fsp3) is 0.400. The van der Waals surface area contributed by atoms with Gasteiger partial charge in [0.05, 0.1) is 10.5 Å². The van der Waals surface area contributed by atoms with Gasteiger partial charge < -0.3 is 0 Å². The zero-order valence-electron chi connectivity index (χ0n) is 4.77. The fourth-order valence-electron chi connectivity index (χ4n) is 0.446. The van der Waals surface area contributed by atoms with E-state index in [1.807, 2.05) is 5.38 Å². The van der Waals surface area contributed by atoms with Crippen molar-refractivity contribution in [1.29, 1.82) is 0 Å². The SMILES string of the molecule is CC(Br)c1csc(Br)n1. The molecule has 1 aromatic heterocycles. The molecule has 0 amide bonds. The maximum Gasteiger partial charge on any atom is 0.159 e. The van der Waals surface area contributed by atoms with Crippen LogP contribution in [0.1, 0.15) is 17.4 Å². The molecule has 1 nitrogen and oxygen atoms in total. The first-order valence-electron chi connectivity index (χ1n) is 2.45. The molecule has 0 aliphatic carbocycles. The minimum absolute atomic E-state index is 0.361. The zero-order valence-corrected chi connectivity index (χ0v) is 8.75. The maximum atomic E-state index is 4.20. The van der Waals surface area contributed by atoms with Crippen LogP contribution in [-0.2, 0) is 0 Å². The van der Waals surface area contributed by atoms with Crippen LogP contribution in [0.15, 0.2) is 9.30 Å². The standard InChI is InChI=1S/C5H5Br2NS/c1-3(6)4-2-9-5(7)8-4/h2-3H,1H3. The lowest BCUT2D eigenvalue weighted by Gasteiger charge is -1.92. The second kappa shape index (κ2) is 3.12. The third kappa shape index (κ3) is 2.02. The summed E-state index contributed by atoms with van der Waals surface area (Å²) < 4.78 is 0.948. The van der Waals surface area contributed by atoms with E-state index in [0.29, 0.717) is 4.83 Å². The van der Waals surface area contributed by atoms with Crippen molar-refractivity contribution >= 4 is 43.2 Å². The Morgan fingerprint density at radius 1 is 1.78 bits per heavy atom. The van der Waals surface area contributed by atoms with E-state index in [1.54, 1.807) is 11.3 Å². The molecule has 0 bridgehead atoms. The van der Waals surface area contributed by atoms with Gasteiger partial charge in [-0.1, -0.05) is 15.9 Å². The van der Waals surface area contributed by atoms with E-state index in [0.717, 1.165) is 9.61 Å². The maximum absolute atomic E-state index is 4.20. The molecule has 0 spiro atoms. The molecular formula is C5H5Br2NS. The van der Waals surface area contributed by atoms with Crippen LogP contribution < -0.4 is 0 Å². The number of nitrogens with zero attached hydrogens (tertiary/aromatic N) is 1. The lowest BCUT2D eigenvalue weighted by Crippen LogP contribution is -1.80. The van der Waals surface area contributed by atoms with Gasteiger partial charge in [-0.05, 0) is 22.9 Å². The van der Waals surface area contributed by atoms with Crippen molar-refractivity contribution in [2.45, 2.75) is 11.8 Å². The molecule has 0 aliphatic heterocycles. The van der Waals surface area contributed by atoms with Crippen molar-refractivity contribution in [1.82, 2.24) is 4.98 Å². The number of rotatable bonds is 1. The van der Waals surface area contributed by atoms with Crippen molar-refractivity contribution in [2.75, 3.05) is 0 Å². The van der Waals surface area contributed by atoms with Gasteiger partial charge in [0, 0.05) is 5.38 Å². The second-order valence-electron chi connectivity index (χ2n) is 1.64. The van der Waals surface area contributed by atoms with E-state index in [-0.39, 0.29) is 0 Å². The van der Waals surface area contributed by atoms with Crippen LogP contribution in [0.4, 0.5) is 0 Å². The monoisotopic (exact) mass is 269 g/mol. The van der Waals surface area contributed by atoms with Gasteiger partial charge in [-0.2, -0.15) is 0 Å². The Labute approximate surface area is 74.8 Å². The largest absolute Gasteiger partial charge is 0.233 e. The van der Waals surface area contributed by atoms with Crippen molar-refractivity contribution in [3.05, 3.63) is 15.0 Å². The second-order valence-corrected chi connectivity index (χ2v) is 5.15. The first-order valence-corrected chi connectivity index (χ1v) is 5.04. The lowest BCUT2D eigenvalue weighted by atomic mass is 10.4. The predicted octanol–water partition coefficient (Wildman–Crippen LogP) is 3.36. The summed E-state index contributed by atoms with van der Waals surface area (Å²) in [5.74, 6) is 0. The molecule has 4 heteroatoms. The molecule has 0 aromatic carbocycles. The number of alkyl halides is 1. The van der Waals surface area contributed by atoms with Crippen LogP contribution >= 0.6 is 43.2 Å². The molecule has 0 radical (unpaired) electrons. The predicted molar refractivity (Wildman–Crippen MR) is 47.2 cm³/mol. The zero-order chi connectivity index (χ0) is 6.85. The summed E-state index contributed by atoms with van der Waals surface area (Å²) in [5, 5.41) is 2.03. The average Bonchev–Trinajstić information content (AvgIpc) is 2.14. The molecule has 0 saturated heterocycles. The number of hydrogen-bond acceptors (Lipinski definition) is 2. The minimum atomic E-state index is 0.361. The summed E-state index contributed by atoms with van der Waals surface area (Å²) in [4.78, 5) is 4.56. The third-order valence-corrected chi connectivity index (χ3v) is 2.75. The summed E-state index contributed by atoms with van der Waals surface area (Å²) in [6.45, 7) is 2.06. The first-order chi connectivity index (χ1) is 4.20. The van der Waals surface area contributed by atoms with E-state index >= 15 is 0 Å². The fourth-order valence-corrected chi connectivity index (χ4v) is 1.97. The van der Waals surface area contributed by atoms with E-state index in [9.17, 15) is 0 Å². The molecule has 0 N–H and O–H groups in total. The average molecular weight is 271 g/mol. The molecule has 50 valence electrons. The molecular weight excluding hydrogens is 266 g/mol. The Hall–Kier alpha value is 0.590. The van der Waals surface area contributed by atoms with Gasteiger partial charge in [0.15, 0.2) is 3.92 Å². The van der Waals surface area contributed by atoms with Crippen LogP contribution in [0.3, 0.4) is 0 Å². The van der Waals surface area contributed by atoms with Crippen molar-refractivity contribution in [3.63, 3.8) is 0 Å². The molecule has 1 unspecified atom stereocenters. The third-order valence-electron chi connectivity index (χ3n) is 0.901. The van der Waals surface area contributed by atoms with Crippen LogP contribution in [0.2, 0.25) is 0 Å². The van der Waals surface area contributed by atoms with E-state index in [4.69, 9.17) is 0 Å². The summed E-state index contributed by atoms with van der Waals surface area (Å²) >= 11 is 8.31. The molecule has 9 heavy (non-hydrogen) atoms. The highest BCUT2D eigenvalue weighted by Crippen LogP contribution is 2.25. The number of thiazole rings is 1. The van der Waals surface area contributed by atoms with Crippen molar-refractivity contribution < 1.29 is 0 Å². The van der Waals surface area contributed by atoms with E-state index in [2.05, 4.69) is 43.8 Å². The summed E-state index contributed by atoms with van der Waals surface area (Å²) in [6.07, 6.45) is 0. The van der Waals surface area contributed by atoms with Crippen LogP contribution in [0.25, 0.3) is 0 Å². The molecule has 1 rings (SSSR count). The molecule has 1 heterocycles. The minimum Gasteiger partial charge on any atom is -0.233 e. The van der Waals surface area contributed by atoms with Gasteiger partial charge >= 0.3 is 0 Å². The van der Waals surface area contributed by atoms with Crippen LogP contribution in [0, 0.1) is 0 Å². The molecule has 1 atom stereocenters. The number of hydrogen-bond donors (Lipinski definition) is 0. The topological polar surface area (TPSA) is 12.9 Å². The highest BCUT2D eigenvalue weighted by Gasteiger charge is 2.03. The van der Waals surface area contributed by atoms with Gasteiger partial charge in [0.25, 0.3) is 0 Å². The lowest BCUT2D eigenvalue weighted by molar-refractivity contribution is 1.04. The summed E-state index contributed by atoms with van der Waals surface area (Å²) in [6, 6.07) is 0. The summed E-state index contributed by atoms with van der Waals surface area (Å²) in [7, 11) is 0. The molecule has 0 aliphatic rings. The smallest absolute Gasteiger partial charge is 0.159 e. The highest BCUT2D eigenvalue weighted by molar-refractivity contribution is 9.11. The Kier molecular flexibility index (Phi) is 2.67. The van der Waals surface area contributed by atoms with Crippen molar-refractivity contribution in [3.8, 4) is 0 Å². The Balaban J connectivity index is 2.85. The highest BCUT2D eigenvalue weighted by atomic mass is 79.9. The van der Waals surface area contributed by atoms with Gasteiger partial charge in [0.1, 0.15) is 0 Å². The number of halogens is 2. The molecule has 0 fully saturated rings. The normalized spacial score (nSPS) is 13.7. The number of aromatic nitrogens is 1. The van der Waals surface area contributed by atoms with E-state index in [1.165, 1.54) is 0 Å². The Morgan fingerprint density at radius 2 is 2.44 bits per heavy atom. The van der Waals surface area contributed by atoms with Gasteiger partial charge in [-0.3, -0.25) is 0 Å². The van der Waals surface area contributed by atoms with Crippen molar-refractivity contribution in [2.24, 2.45) is 0 Å². The Bertz CT molecular complexity index is 197. The van der Waals surface area contributed by atoms with E-state index < -0.39 is 0 Å². The molecule has 1 aromatic rings. The quantitative estimate of drug-likeness (QED) is 0.713. The van der Waals surface area contributed by atoms with Crippen LogP contribution in [0.5, 0.6) is 0 Å². The van der Waals surface area contributed by atoms with Gasteiger partial charge in [-0.15, -0.1) is 11.3 Å². The first kappa shape index (κ1) is 7.69.